The molecule has 1 saturated carbocycles. The van der Waals surface area contributed by atoms with Gasteiger partial charge < -0.3 is 4.74 Å². The number of hydrogen-bond donors (Lipinski definition) is 2. The molecule has 0 radical (unpaired) electrons. The van der Waals surface area contributed by atoms with E-state index in [0.29, 0.717) is 6.04 Å². The summed E-state index contributed by atoms with van der Waals surface area (Å²) in [6, 6.07) is 0.394. The highest BCUT2D eigenvalue weighted by molar-refractivity contribution is 5.67. The van der Waals surface area contributed by atoms with Crippen molar-refractivity contribution in [1.29, 1.82) is 0 Å². The van der Waals surface area contributed by atoms with E-state index < -0.39 is 11.7 Å². The van der Waals surface area contributed by atoms with Crippen molar-refractivity contribution in [1.82, 2.24) is 10.9 Å². The Kier molecular flexibility index (Phi) is 5.25. The van der Waals surface area contributed by atoms with Crippen molar-refractivity contribution in [3.05, 3.63) is 0 Å². The van der Waals surface area contributed by atoms with Crippen LogP contribution in [0.1, 0.15) is 59.8 Å². The second-order valence-electron chi connectivity index (χ2n) is 5.90. The number of hydrazine groups is 1. The maximum Gasteiger partial charge on any atom is 0.422 e. The fraction of sp³-hybridized carbons (Fsp3) is 0.923. The van der Waals surface area contributed by atoms with Crippen molar-refractivity contribution in [3.63, 3.8) is 0 Å². The molecule has 0 aromatic carbocycles. The topological polar surface area (TPSA) is 50.4 Å². The summed E-state index contributed by atoms with van der Waals surface area (Å²) in [4.78, 5) is 11.4. The van der Waals surface area contributed by atoms with Crippen molar-refractivity contribution in [2.24, 2.45) is 5.92 Å². The summed E-state index contributed by atoms with van der Waals surface area (Å²) in [6.45, 7) is 7.83. The maximum atomic E-state index is 11.4. The number of carbonyl (C=O) groups excluding carboxylic acids is 1. The summed E-state index contributed by atoms with van der Waals surface area (Å²) in [7, 11) is 0. The Morgan fingerprint density at radius 3 is 2.29 bits per heavy atom. The molecule has 0 saturated heterocycles. The molecule has 17 heavy (non-hydrogen) atoms. The SMILES string of the molecule is CCC1CCC(NNC(=O)OC(C)(C)C)CC1. The minimum Gasteiger partial charge on any atom is -0.443 e. The fourth-order valence-electron chi connectivity index (χ4n) is 2.18. The summed E-state index contributed by atoms with van der Waals surface area (Å²) in [6.07, 6.45) is 5.65. The molecule has 0 atom stereocenters. The molecule has 0 aliphatic heterocycles. The van der Waals surface area contributed by atoms with Gasteiger partial charge in [0.15, 0.2) is 0 Å². The lowest BCUT2D eigenvalue weighted by Gasteiger charge is -2.29. The fourth-order valence-corrected chi connectivity index (χ4v) is 2.18. The summed E-state index contributed by atoms with van der Waals surface area (Å²) in [5.74, 6) is 0.870. The van der Waals surface area contributed by atoms with Gasteiger partial charge in [0.1, 0.15) is 5.60 Å². The molecule has 1 amide bonds. The van der Waals surface area contributed by atoms with Crippen LogP contribution >= 0.6 is 0 Å². The van der Waals surface area contributed by atoms with E-state index in [1.807, 2.05) is 20.8 Å². The highest BCUT2D eigenvalue weighted by Crippen LogP contribution is 2.26. The molecule has 1 aliphatic carbocycles. The highest BCUT2D eigenvalue weighted by atomic mass is 16.6. The van der Waals surface area contributed by atoms with Crippen LogP contribution in [-0.4, -0.2) is 17.7 Å². The Balaban J connectivity index is 2.17. The lowest BCUT2D eigenvalue weighted by molar-refractivity contribution is 0.0480. The zero-order valence-corrected chi connectivity index (χ0v) is 11.5. The molecule has 1 aliphatic rings. The summed E-state index contributed by atoms with van der Waals surface area (Å²) < 4.78 is 5.16. The Hall–Kier alpha value is -0.770. The van der Waals surface area contributed by atoms with Gasteiger partial charge in [-0.15, -0.1) is 0 Å². The van der Waals surface area contributed by atoms with Crippen molar-refractivity contribution in [3.8, 4) is 0 Å². The molecular formula is C13H26N2O2. The molecule has 0 spiro atoms. The summed E-state index contributed by atoms with van der Waals surface area (Å²) in [5.41, 5.74) is 5.26. The van der Waals surface area contributed by atoms with Gasteiger partial charge in [0.25, 0.3) is 0 Å². The molecule has 0 unspecified atom stereocenters. The Morgan fingerprint density at radius 1 is 1.24 bits per heavy atom. The average molecular weight is 242 g/mol. The molecule has 4 nitrogen and oxygen atoms in total. The van der Waals surface area contributed by atoms with Crippen molar-refractivity contribution < 1.29 is 9.53 Å². The first kappa shape index (κ1) is 14.3. The largest absolute Gasteiger partial charge is 0.443 e. The standard InChI is InChI=1S/C13H26N2O2/c1-5-10-6-8-11(9-7-10)14-15-12(16)17-13(2,3)4/h10-11,14H,5-9H2,1-4H3,(H,15,16). The van der Waals surface area contributed by atoms with E-state index in [4.69, 9.17) is 4.74 Å². The molecule has 0 bridgehead atoms. The molecule has 1 rings (SSSR count). The van der Waals surface area contributed by atoms with Crippen LogP contribution in [0.25, 0.3) is 0 Å². The van der Waals surface area contributed by atoms with E-state index in [9.17, 15) is 4.79 Å². The smallest absolute Gasteiger partial charge is 0.422 e. The molecule has 100 valence electrons. The quantitative estimate of drug-likeness (QED) is 0.748. The number of carbonyl (C=O) groups is 1. The van der Waals surface area contributed by atoms with Crippen LogP contribution in [0.5, 0.6) is 0 Å². The molecule has 0 aromatic heterocycles. The number of amides is 1. The predicted molar refractivity (Wildman–Crippen MR) is 68.5 cm³/mol. The number of hydrogen-bond acceptors (Lipinski definition) is 3. The van der Waals surface area contributed by atoms with E-state index in [1.54, 1.807) is 0 Å². The van der Waals surface area contributed by atoms with Crippen LogP contribution in [0.2, 0.25) is 0 Å². The van der Waals surface area contributed by atoms with Gasteiger partial charge in [0.2, 0.25) is 0 Å². The van der Waals surface area contributed by atoms with Gasteiger partial charge in [-0.3, -0.25) is 5.43 Å². The molecule has 1 fully saturated rings. The first-order valence-electron chi connectivity index (χ1n) is 6.65. The van der Waals surface area contributed by atoms with Gasteiger partial charge in [0.05, 0.1) is 0 Å². The third kappa shape index (κ3) is 5.91. The Labute approximate surface area is 104 Å². The minimum absolute atomic E-state index is 0.393. The predicted octanol–water partition coefficient (Wildman–Crippen LogP) is 2.98. The van der Waals surface area contributed by atoms with Gasteiger partial charge in [-0.05, 0) is 52.4 Å². The van der Waals surface area contributed by atoms with Crippen molar-refractivity contribution in [2.45, 2.75) is 71.4 Å². The maximum absolute atomic E-state index is 11.4. The van der Waals surface area contributed by atoms with Crippen LogP contribution in [0.4, 0.5) is 4.79 Å². The lowest BCUT2D eigenvalue weighted by Crippen LogP contribution is -2.47. The monoisotopic (exact) mass is 242 g/mol. The second-order valence-corrected chi connectivity index (χ2v) is 5.90. The summed E-state index contributed by atoms with van der Waals surface area (Å²) >= 11 is 0. The molecule has 2 N–H and O–H groups in total. The van der Waals surface area contributed by atoms with Gasteiger partial charge >= 0.3 is 6.09 Å². The van der Waals surface area contributed by atoms with E-state index in [0.717, 1.165) is 18.8 Å². The van der Waals surface area contributed by atoms with Gasteiger partial charge in [0, 0.05) is 6.04 Å². The van der Waals surface area contributed by atoms with Crippen LogP contribution in [0, 0.1) is 5.92 Å². The molecule has 4 heteroatoms. The third-order valence-electron chi connectivity index (χ3n) is 3.20. The first-order valence-corrected chi connectivity index (χ1v) is 6.65. The lowest BCUT2D eigenvalue weighted by atomic mass is 9.85. The second kappa shape index (κ2) is 6.24. The van der Waals surface area contributed by atoms with Gasteiger partial charge in [-0.25, -0.2) is 10.2 Å². The third-order valence-corrected chi connectivity index (χ3v) is 3.20. The van der Waals surface area contributed by atoms with E-state index in [2.05, 4.69) is 17.8 Å². The van der Waals surface area contributed by atoms with Crippen molar-refractivity contribution >= 4 is 6.09 Å². The first-order chi connectivity index (χ1) is 7.90. The number of ether oxygens (including phenoxy) is 1. The average Bonchev–Trinajstić information content (AvgIpc) is 2.25. The van der Waals surface area contributed by atoms with Crippen LogP contribution in [0.3, 0.4) is 0 Å². The van der Waals surface area contributed by atoms with Crippen LogP contribution in [-0.2, 0) is 4.74 Å². The minimum atomic E-state index is -0.439. The van der Waals surface area contributed by atoms with E-state index in [-0.39, 0.29) is 0 Å². The number of nitrogens with one attached hydrogen (secondary N) is 2. The summed E-state index contributed by atoms with van der Waals surface area (Å²) in [5, 5.41) is 0. The van der Waals surface area contributed by atoms with E-state index in [1.165, 1.54) is 19.3 Å². The zero-order chi connectivity index (χ0) is 12.9. The highest BCUT2D eigenvalue weighted by Gasteiger charge is 2.21. The van der Waals surface area contributed by atoms with E-state index >= 15 is 0 Å². The van der Waals surface area contributed by atoms with Crippen molar-refractivity contribution in [2.75, 3.05) is 0 Å². The molecule has 0 heterocycles. The van der Waals surface area contributed by atoms with Crippen LogP contribution in [0.15, 0.2) is 0 Å². The molecular weight excluding hydrogens is 216 g/mol. The molecule has 0 aromatic rings. The van der Waals surface area contributed by atoms with Crippen LogP contribution < -0.4 is 10.9 Å². The van der Waals surface area contributed by atoms with Gasteiger partial charge in [-0.1, -0.05) is 13.3 Å². The zero-order valence-electron chi connectivity index (χ0n) is 11.5. The number of rotatable bonds is 3. The Morgan fingerprint density at radius 2 is 1.82 bits per heavy atom. The van der Waals surface area contributed by atoms with Gasteiger partial charge in [-0.2, -0.15) is 0 Å². The normalized spacial score (nSPS) is 25.4. The Bertz CT molecular complexity index is 240.